The van der Waals surface area contributed by atoms with Gasteiger partial charge in [-0.15, -0.1) is 0 Å². The van der Waals surface area contributed by atoms with Gasteiger partial charge in [0.15, 0.2) is 0 Å². The molecule has 1 aliphatic carbocycles. The van der Waals surface area contributed by atoms with Gasteiger partial charge in [-0.2, -0.15) is 0 Å². The van der Waals surface area contributed by atoms with Crippen molar-refractivity contribution >= 4 is 15.9 Å². The molecule has 2 rings (SSSR count). The lowest BCUT2D eigenvalue weighted by molar-refractivity contribution is 0.119. The predicted molar refractivity (Wildman–Crippen MR) is 74.5 cm³/mol. The molecule has 1 saturated carbocycles. The molecular weight excluding hydrogens is 278 g/mol. The quantitative estimate of drug-likeness (QED) is 0.885. The first-order valence-electron chi connectivity index (χ1n) is 6.40. The summed E-state index contributed by atoms with van der Waals surface area (Å²) in [6.07, 6.45) is 4.13. The van der Waals surface area contributed by atoms with Crippen LogP contribution in [0.2, 0.25) is 0 Å². The van der Waals surface area contributed by atoms with Crippen molar-refractivity contribution < 1.29 is 4.74 Å². The van der Waals surface area contributed by atoms with Gasteiger partial charge in [0, 0.05) is 6.04 Å². The van der Waals surface area contributed by atoms with E-state index in [4.69, 9.17) is 4.74 Å². The van der Waals surface area contributed by atoms with E-state index in [2.05, 4.69) is 53.3 Å². The predicted octanol–water partition coefficient (Wildman–Crippen LogP) is 4.05. The fraction of sp³-hybridized carbons (Fsp3) is 0.571. The van der Waals surface area contributed by atoms with Gasteiger partial charge in [-0.1, -0.05) is 13.0 Å². The molecule has 1 fully saturated rings. The van der Waals surface area contributed by atoms with Crippen molar-refractivity contribution in [3.63, 3.8) is 0 Å². The second-order valence-corrected chi connectivity index (χ2v) is 5.49. The van der Waals surface area contributed by atoms with E-state index in [9.17, 15) is 0 Å². The Balaban J connectivity index is 2.04. The lowest BCUT2D eigenvalue weighted by Crippen LogP contribution is -2.24. The van der Waals surface area contributed by atoms with Crippen molar-refractivity contribution in [3.05, 3.63) is 28.2 Å². The normalized spacial score (nSPS) is 17.6. The first kappa shape index (κ1) is 12.9. The molecule has 2 nitrogen and oxygen atoms in total. The topological polar surface area (TPSA) is 21.3 Å². The zero-order chi connectivity index (χ0) is 12.3. The summed E-state index contributed by atoms with van der Waals surface area (Å²) in [5, 5.41) is 3.41. The van der Waals surface area contributed by atoms with Gasteiger partial charge in [-0.3, -0.25) is 0 Å². The summed E-state index contributed by atoms with van der Waals surface area (Å²) in [4.78, 5) is 0. The smallest absolute Gasteiger partial charge is 0.133 e. The third kappa shape index (κ3) is 3.23. The molecule has 1 aromatic rings. The largest absolute Gasteiger partial charge is 0.489 e. The van der Waals surface area contributed by atoms with Crippen LogP contribution < -0.4 is 10.1 Å². The minimum Gasteiger partial charge on any atom is -0.489 e. The van der Waals surface area contributed by atoms with Gasteiger partial charge in [0.05, 0.1) is 10.6 Å². The molecule has 0 saturated heterocycles. The third-order valence-corrected chi connectivity index (χ3v) is 3.93. The molecule has 0 amide bonds. The van der Waals surface area contributed by atoms with Gasteiger partial charge < -0.3 is 10.1 Å². The Hall–Kier alpha value is -0.540. The van der Waals surface area contributed by atoms with E-state index in [0.29, 0.717) is 12.1 Å². The van der Waals surface area contributed by atoms with Crippen LogP contribution in [-0.4, -0.2) is 12.6 Å². The molecule has 3 heteroatoms. The van der Waals surface area contributed by atoms with E-state index < -0.39 is 0 Å². The highest BCUT2D eigenvalue weighted by atomic mass is 79.9. The summed E-state index contributed by atoms with van der Waals surface area (Å²) < 4.78 is 6.97. The van der Waals surface area contributed by atoms with Gasteiger partial charge in [0.1, 0.15) is 5.75 Å². The number of hydrogen-bond acceptors (Lipinski definition) is 2. The van der Waals surface area contributed by atoms with Crippen LogP contribution in [0.1, 0.15) is 44.7 Å². The number of benzene rings is 1. The zero-order valence-corrected chi connectivity index (χ0v) is 12.1. The van der Waals surface area contributed by atoms with Gasteiger partial charge >= 0.3 is 0 Å². The van der Waals surface area contributed by atoms with Crippen molar-refractivity contribution in [2.45, 2.75) is 45.3 Å². The lowest BCUT2D eigenvalue weighted by Gasteiger charge is -2.27. The molecule has 0 radical (unpaired) electrons. The average molecular weight is 298 g/mol. The second-order valence-electron chi connectivity index (χ2n) is 4.64. The van der Waals surface area contributed by atoms with Gasteiger partial charge in [-0.05, 0) is 66.4 Å². The van der Waals surface area contributed by atoms with Gasteiger partial charge in [0.2, 0.25) is 0 Å². The highest BCUT2D eigenvalue weighted by Crippen LogP contribution is 2.32. The Labute approximate surface area is 112 Å². The third-order valence-electron chi connectivity index (χ3n) is 3.31. The van der Waals surface area contributed by atoms with E-state index in [0.717, 1.165) is 16.8 Å². The highest BCUT2D eigenvalue weighted by molar-refractivity contribution is 9.10. The molecule has 1 unspecified atom stereocenters. The first-order chi connectivity index (χ1) is 8.20. The van der Waals surface area contributed by atoms with Crippen LogP contribution in [0.3, 0.4) is 0 Å². The molecule has 1 N–H and O–H groups in total. The Morgan fingerprint density at radius 1 is 1.47 bits per heavy atom. The van der Waals surface area contributed by atoms with Gasteiger partial charge in [0.25, 0.3) is 0 Å². The van der Waals surface area contributed by atoms with Gasteiger partial charge in [-0.25, -0.2) is 0 Å². The molecule has 0 bridgehead atoms. The van der Waals surface area contributed by atoms with Crippen molar-refractivity contribution in [1.82, 2.24) is 5.32 Å². The molecule has 1 aliphatic rings. The van der Waals surface area contributed by atoms with Crippen LogP contribution >= 0.6 is 15.9 Å². The first-order valence-corrected chi connectivity index (χ1v) is 7.19. The van der Waals surface area contributed by atoms with Crippen LogP contribution in [0.4, 0.5) is 0 Å². The maximum atomic E-state index is 5.91. The maximum Gasteiger partial charge on any atom is 0.133 e. The minimum atomic E-state index is 0.383. The lowest BCUT2D eigenvalue weighted by atomic mass is 9.96. The summed E-state index contributed by atoms with van der Waals surface area (Å²) in [6, 6.07) is 6.76. The highest BCUT2D eigenvalue weighted by Gasteiger charge is 2.20. The molecule has 0 aliphatic heterocycles. The van der Waals surface area contributed by atoms with E-state index in [-0.39, 0.29) is 0 Å². The SMILES string of the molecule is CCNC(C)c1ccc(OC2CCC2)c(Br)c1. The monoisotopic (exact) mass is 297 g/mol. The Bertz CT molecular complexity index is 376. The fourth-order valence-corrected chi connectivity index (χ4v) is 2.46. The summed E-state index contributed by atoms with van der Waals surface area (Å²) in [5.74, 6) is 0.974. The van der Waals surface area contributed by atoms with Crippen molar-refractivity contribution in [3.8, 4) is 5.75 Å². The Morgan fingerprint density at radius 2 is 2.24 bits per heavy atom. The Morgan fingerprint density at radius 3 is 2.76 bits per heavy atom. The number of hydrogen-bond donors (Lipinski definition) is 1. The summed E-state index contributed by atoms with van der Waals surface area (Å²) in [5.41, 5.74) is 1.29. The van der Waals surface area contributed by atoms with E-state index in [1.54, 1.807) is 0 Å². The van der Waals surface area contributed by atoms with Crippen LogP contribution in [0.5, 0.6) is 5.75 Å². The zero-order valence-electron chi connectivity index (χ0n) is 10.5. The summed E-state index contributed by atoms with van der Waals surface area (Å²) in [7, 11) is 0. The molecule has 1 atom stereocenters. The minimum absolute atomic E-state index is 0.383. The molecular formula is C14H20BrNO. The number of rotatable bonds is 5. The molecule has 0 aromatic heterocycles. The molecule has 17 heavy (non-hydrogen) atoms. The number of ether oxygens (including phenoxy) is 1. The van der Waals surface area contributed by atoms with Crippen LogP contribution in [0.25, 0.3) is 0 Å². The fourth-order valence-electron chi connectivity index (χ4n) is 1.97. The van der Waals surface area contributed by atoms with Crippen LogP contribution in [-0.2, 0) is 0 Å². The van der Waals surface area contributed by atoms with Crippen molar-refractivity contribution in [2.24, 2.45) is 0 Å². The van der Waals surface area contributed by atoms with E-state index in [1.807, 2.05) is 0 Å². The van der Waals surface area contributed by atoms with E-state index >= 15 is 0 Å². The summed E-state index contributed by atoms with van der Waals surface area (Å²) in [6.45, 7) is 5.29. The van der Waals surface area contributed by atoms with Crippen molar-refractivity contribution in [2.75, 3.05) is 6.54 Å². The Kier molecular flexibility index (Phi) is 4.46. The van der Waals surface area contributed by atoms with E-state index in [1.165, 1.54) is 24.8 Å². The van der Waals surface area contributed by atoms with Crippen molar-refractivity contribution in [1.29, 1.82) is 0 Å². The van der Waals surface area contributed by atoms with Crippen LogP contribution in [0, 0.1) is 0 Å². The molecule has 94 valence electrons. The standard InChI is InChI=1S/C14H20BrNO/c1-3-16-10(2)11-7-8-14(13(15)9-11)17-12-5-4-6-12/h7-10,12,16H,3-6H2,1-2H3. The van der Waals surface area contributed by atoms with Crippen LogP contribution in [0.15, 0.2) is 22.7 Å². The summed E-state index contributed by atoms with van der Waals surface area (Å²) >= 11 is 3.60. The molecule has 0 heterocycles. The molecule has 1 aromatic carbocycles. The molecule has 0 spiro atoms. The second kappa shape index (κ2) is 5.87. The number of halogens is 1. The average Bonchev–Trinajstić information content (AvgIpc) is 2.25. The number of nitrogens with one attached hydrogen (secondary N) is 1. The maximum absolute atomic E-state index is 5.91.